The van der Waals surface area contributed by atoms with E-state index in [2.05, 4.69) is 10.3 Å². The van der Waals surface area contributed by atoms with E-state index in [1.165, 1.54) is 6.92 Å². The lowest BCUT2D eigenvalue weighted by Crippen LogP contribution is -2.07. The van der Waals surface area contributed by atoms with Crippen molar-refractivity contribution >= 4 is 29.5 Å². The highest BCUT2D eigenvalue weighted by Gasteiger charge is 2.24. The summed E-state index contributed by atoms with van der Waals surface area (Å²) in [6.07, 6.45) is 1.62. The van der Waals surface area contributed by atoms with Crippen molar-refractivity contribution in [1.29, 1.82) is 0 Å². The Morgan fingerprint density at radius 3 is 2.57 bits per heavy atom. The number of ether oxygens (including phenoxy) is 3. The number of hydrogen-bond donors (Lipinski definition) is 1. The Bertz CT molecular complexity index is 961. The van der Waals surface area contributed by atoms with Gasteiger partial charge in [-0.1, -0.05) is 6.07 Å². The lowest BCUT2D eigenvalue weighted by molar-refractivity contribution is -0.129. The molecule has 2 aromatic rings. The SMILES string of the molecule is CCOc1ccc(/C=C2\N=C(c3ccc(NC(C)=O)cc3)OC2=O)cc1OC. The van der Waals surface area contributed by atoms with Crippen molar-refractivity contribution < 1.29 is 23.8 Å². The number of rotatable bonds is 6. The summed E-state index contributed by atoms with van der Waals surface area (Å²) in [6.45, 7) is 3.85. The van der Waals surface area contributed by atoms with Gasteiger partial charge in [-0.25, -0.2) is 9.79 Å². The Hall–Kier alpha value is -3.61. The topological polar surface area (TPSA) is 86.2 Å². The van der Waals surface area contributed by atoms with Gasteiger partial charge in [-0.15, -0.1) is 0 Å². The lowest BCUT2D eigenvalue weighted by atomic mass is 10.1. The summed E-state index contributed by atoms with van der Waals surface area (Å²) in [5, 5.41) is 2.68. The molecule has 0 saturated carbocycles. The number of anilines is 1. The van der Waals surface area contributed by atoms with Crippen LogP contribution in [0.4, 0.5) is 5.69 Å². The predicted octanol–water partition coefficient (Wildman–Crippen LogP) is 3.40. The summed E-state index contributed by atoms with van der Waals surface area (Å²) < 4.78 is 16.1. The number of carbonyl (C=O) groups excluding carboxylic acids is 2. The van der Waals surface area contributed by atoms with Crippen molar-refractivity contribution in [2.75, 3.05) is 19.0 Å². The fraction of sp³-hybridized carbons (Fsp3) is 0.190. The van der Waals surface area contributed by atoms with Crippen LogP contribution in [0.25, 0.3) is 6.08 Å². The third-order valence-electron chi connectivity index (χ3n) is 3.86. The molecule has 7 heteroatoms. The third kappa shape index (κ3) is 4.37. The molecule has 0 aliphatic carbocycles. The summed E-state index contributed by atoms with van der Waals surface area (Å²) in [6, 6.07) is 12.2. The zero-order chi connectivity index (χ0) is 20.1. The first-order valence-electron chi connectivity index (χ1n) is 8.71. The maximum absolute atomic E-state index is 12.2. The van der Waals surface area contributed by atoms with Crippen molar-refractivity contribution in [3.05, 3.63) is 59.3 Å². The number of hydrogen-bond acceptors (Lipinski definition) is 6. The highest BCUT2D eigenvalue weighted by molar-refractivity contribution is 6.13. The Morgan fingerprint density at radius 1 is 1.18 bits per heavy atom. The zero-order valence-electron chi connectivity index (χ0n) is 15.8. The fourth-order valence-electron chi connectivity index (χ4n) is 2.64. The Morgan fingerprint density at radius 2 is 1.93 bits per heavy atom. The average Bonchev–Trinajstić information content (AvgIpc) is 3.03. The summed E-state index contributed by atoms with van der Waals surface area (Å²) in [5.74, 6) is 0.718. The van der Waals surface area contributed by atoms with Crippen molar-refractivity contribution in [3.63, 3.8) is 0 Å². The molecule has 0 spiro atoms. The smallest absolute Gasteiger partial charge is 0.363 e. The molecule has 3 rings (SSSR count). The summed E-state index contributed by atoms with van der Waals surface area (Å²) in [7, 11) is 1.56. The number of carbonyl (C=O) groups is 2. The van der Waals surface area contributed by atoms with Crippen LogP contribution >= 0.6 is 0 Å². The number of nitrogens with zero attached hydrogens (tertiary/aromatic N) is 1. The van der Waals surface area contributed by atoms with E-state index in [0.29, 0.717) is 29.4 Å². The standard InChI is InChI=1S/C21H20N2O5/c1-4-27-18-10-5-14(12-19(18)26-3)11-17-21(25)28-20(23-17)15-6-8-16(9-7-15)22-13(2)24/h5-12H,4H2,1-3H3,(H,22,24)/b17-11-. The van der Waals surface area contributed by atoms with Crippen molar-refractivity contribution in [3.8, 4) is 11.5 Å². The summed E-state index contributed by atoms with van der Waals surface area (Å²) in [5.41, 5.74) is 2.21. The van der Waals surface area contributed by atoms with Gasteiger partial charge in [0.05, 0.1) is 13.7 Å². The first-order valence-corrected chi connectivity index (χ1v) is 8.71. The summed E-state index contributed by atoms with van der Waals surface area (Å²) in [4.78, 5) is 27.6. The molecule has 0 bridgehead atoms. The number of nitrogens with one attached hydrogen (secondary N) is 1. The number of methoxy groups -OCH3 is 1. The minimum Gasteiger partial charge on any atom is -0.493 e. The van der Waals surface area contributed by atoms with Gasteiger partial charge in [-0.05, 0) is 55.0 Å². The van der Waals surface area contributed by atoms with Crippen LogP contribution in [0.1, 0.15) is 25.0 Å². The number of esters is 1. The van der Waals surface area contributed by atoms with Crippen LogP contribution in [0, 0.1) is 0 Å². The average molecular weight is 380 g/mol. The molecule has 144 valence electrons. The molecule has 0 atom stereocenters. The number of amides is 1. The van der Waals surface area contributed by atoms with Crippen LogP contribution in [-0.2, 0) is 14.3 Å². The highest BCUT2D eigenvalue weighted by Crippen LogP contribution is 2.29. The molecule has 1 amide bonds. The molecular formula is C21H20N2O5. The van der Waals surface area contributed by atoms with Crippen LogP contribution in [0.3, 0.4) is 0 Å². The van der Waals surface area contributed by atoms with Crippen LogP contribution in [-0.4, -0.2) is 31.5 Å². The minimum absolute atomic E-state index is 0.159. The van der Waals surface area contributed by atoms with E-state index in [1.807, 2.05) is 13.0 Å². The van der Waals surface area contributed by atoms with E-state index >= 15 is 0 Å². The minimum atomic E-state index is -0.534. The van der Waals surface area contributed by atoms with Gasteiger partial charge in [-0.2, -0.15) is 0 Å². The Kier molecular flexibility index (Phi) is 5.74. The molecule has 2 aromatic carbocycles. The molecule has 0 unspecified atom stereocenters. The van der Waals surface area contributed by atoms with E-state index in [1.54, 1.807) is 49.6 Å². The van der Waals surface area contributed by atoms with Gasteiger partial charge in [0.2, 0.25) is 11.8 Å². The second-order valence-electron chi connectivity index (χ2n) is 5.94. The van der Waals surface area contributed by atoms with Crippen LogP contribution in [0.2, 0.25) is 0 Å². The highest BCUT2D eigenvalue weighted by atomic mass is 16.6. The second-order valence-corrected chi connectivity index (χ2v) is 5.94. The maximum atomic E-state index is 12.2. The molecule has 1 aliphatic rings. The van der Waals surface area contributed by atoms with E-state index in [0.717, 1.165) is 5.56 Å². The van der Waals surface area contributed by atoms with Gasteiger partial charge in [-0.3, -0.25) is 4.79 Å². The first kappa shape index (κ1) is 19.2. The lowest BCUT2D eigenvalue weighted by Gasteiger charge is -2.09. The van der Waals surface area contributed by atoms with Gasteiger partial charge < -0.3 is 19.5 Å². The predicted molar refractivity (Wildman–Crippen MR) is 106 cm³/mol. The van der Waals surface area contributed by atoms with Crippen LogP contribution < -0.4 is 14.8 Å². The molecule has 0 aromatic heterocycles. The number of aliphatic imine (C=N–C) groups is 1. The Labute approximate surface area is 162 Å². The van der Waals surface area contributed by atoms with Gasteiger partial charge in [0, 0.05) is 18.2 Å². The van der Waals surface area contributed by atoms with E-state index in [9.17, 15) is 9.59 Å². The molecule has 0 radical (unpaired) electrons. The third-order valence-corrected chi connectivity index (χ3v) is 3.86. The summed E-state index contributed by atoms with van der Waals surface area (Å²) >= 11 is 0. The van der Waals surface area contributed by atoms with Gasteiger partial charge in [0.1, 0.15) is 0 Å². The molecule has 1 heterocycles. The molecular weight excluding hydrogens is 360 g/mol. The number of cyclic esters (lactones) is 1. The quantitative estimate of drug-likeness (QED) is 0.613. The largest absolute Gasteiger partial charge is 0.493 e. The zero-order valence-corrected chi connectivity index (χ0v) is 15.8. The maximum Gasteiger partial charge on any atom is 0.363 e. The van der Waals surface area contributed by atoms with Crippen molar-refractivity contribution in [1.82, 2.24) is 0 Å². The van der Waals surface area contributed by atoms with E-state index < -0.39 is 5.97 Å². The molecule has 1 aliphatic heterocycles. The van der Waals surface area contributed by atoms with Gasteiger partial charge in [0.15, 0.2) is 17.2 Å². The second kappa shape index (κ2) is 8.39. The molecule has 28 heavy (non-hydrogen) atoms. The van der Waals surface area contributed by atoms with Crippen molar-refractivity contribution in [2.45, 2.75) is 13.8 Å². The van der Waals surface area contributed by atoms with Gasteiger partial charge >= 0.3 is 5.97 Å². The van der Waals surface area contributed by atoms with E-state index in [-0.39, 0.29) is 17.5 Å². The number of benzene rings is 2. The van der Waals surface area contributed by atoms with Crippen molar-refractivity contribution in [2.24, 2.45) is 4.99 Å². The monoisotopic (exact) mass is 380 g/mol. The Balaban J connectivity index is 1.84. The van der Waals surface area contributed by atoms with Gasteiger partial charge in [0.25, 0.3) is 0 Å². The molecule has 0 fully saturated rings. The normalized spacial score (nSPS) is 14.5. The molecule has 0 saturated heterocycles. The van der Waals surface area contributed by atoms with E-state index in [4.69, 9.17) is 14.2 Å². The fourth-order valence-corrected chi connectivity index (χ4v) is 2.64. The first-order chi connectivity index (χ1) is 13.5. The van der Waals surface area contributed by atoms with Crippen LogP contribution in [0.15, 0.2) is 53.2 Å². The molecule has 7 nitrogen and oxygen atoms in total. The van der Waals surface area contributed by atoms with Crippen LogP contribution in [0.5, 0.6) is 11.5 Å². The molecule has 1 N–H and O–H groups in total.